The van der Waals surface area contributed by atoms with Crippen LogP contribution < -0.4 is 4.90 Å². The summed E-state index contributed by atoms with van der Waals surface area (Å²) < 4.78 is 0. The van der Waals surface area contributed by atoms with Gasteiger partial charge in [-0.2, -0.15) is 0 Å². The van der Waals surface area contributed by atoms with Crippen LogP contribution >= 0.6 is 11.3 Å². The minimum atomic E-state index is -0.000687. The molecular weight excluding hydrogens is 286 g/mol. The topological polar surface area (TPSA) is 62.2 Å². The zero-order valence-electron chi connectivity index (χ0n) is 12.1. The van der Waals surface area contributed by atoms with Crippen molar-refractivity contribution in [1.82, 2.24) is 19.9 Å². The van der Waals surface area contributed by atoms with Crippen LogP contribution in [0.4, 0.5) is 5.95 Å². The lowest BCUT2D eigenvalue weighted by atomic mass is 10.2. The molecule has 1 amide bonds. The summed E-state index contributed by atoms with van der Waals surface area (Å²) in [5.41, 5.74) is 0. The quantitative estimate of drug-likeness (QED) is 0.867. The fourth-order valence-corrected chi connectivity index (χ4v) is 3.55. The lowest BCUT2D eigenvalue weighted by Crippen LogP contribution is -2.24. The Labute approximate surface area is 127 Å². The summed E-state index contributed by atoms with van der Waals surface area (Å²) in [6.45, 7) is 0.922. The molecule has 1 unspecified atom stereocenters. The number of aromatic nitrogens is 3. The lowest BCUT2D eigenvalue weighted by Gasteiger charge is -2.22. The minimum Gasteiger partial charge on any atom is -0.344 e. The summed E-state index contributed by atoms with van der Waals surface area (Å²) in [6, 6.07) is 1.98. The first-order valence-corrected chi connectivity index (χ1v) is 7.69. The molecule has 7 heteroatoms. The van der Waals surface area contributed by atoms with E-state index in [0.29, 0.717) is 4.88 Å². The fourth-order valence-electron chi connectivity index (χ4n) is 2.46. The zero-order valence-corrected chi connectivity index (χ0v) is 12.9. The Hall–Kier alpha value is -2.02. The molecule has 0 spiro atoms. The van der Waals surface area contributed by atoms with E-state index < -0.39 is 0 Å². The minimum absolute atomic E-state index is 0.000687. The molecule has 0 bridgehead atoms. The van der Waals surface area contributed by atoms with Gasteiger partial charge in [0.2, 0.25) is 5.95 Å². The molecule has 2 aromatic heterocycles. The maximum Gasteiger partial charge on any atom is 0.265 e. The van der Waals surface area contributed by atoms with Gasteiger partial charge < -0.3 is 9.80 Å². The number of hydrogen-bond donors (Lipinski definition) is 0. The Morgan fingerprint density at radius 1 is 1.33 bits per heavy atom. The molecule has 1 fully saturated rings. The van der Waals surface area contributed by atoms with Crippen molar-refractivity contribution in [3.8, 4) is 0 Å². The van der Waals surface area contributed by atoms with Crippen molar-refractivity contribution >= 4 is 23.2 Å². The van der Waals surface area contributed by atoms with Crippen LogP contribution in [0.15, 0.2) is 24.7 Å². The average Bonchev–Trinajstić information content (AvgIpc) is 3.16. The monoisotopic (exact) mass is 303 g/mol. The fraction of sp³-hybridized carbons (Fsp3) is 0.429. The van der Waals surface area contributed by atoms with Gasteiger partial charge in [-0.25, -0.2) is 15.0 Å². The smallest absolute Gasteiger partial charge is 0.265 e. The number of rotatable bonds is 3. The number of amides is 1. The second-order valence-electron chi connectivity index (χ2n) is 5.16. The Morgan fingerprint density at radius 2 is 2.10 bits per heavy atom. The van der Waals surface area contributed by atoms with Crippen molar-refractivity contribution in [1.29, 1.82) is 0 Å². The van der Waals surface area contributed by atoms with E-state index >= 15 is 0 Å². The van der Waals surface area contributed by atoms with E-state index in [0.717, 1.165) is 30.3 Å². The van der Waals surface area contributed by atoms with Crippen LogP contribution in [0, 0.1) is 0 Å². The van der Waals surface area contributed by atoms with Gasteiger partial charge in [-0.05, 0) is 18.9 Å². The first-order valence-electron chi connectivity index (χ1n) is 6.88. The van der Waals surface area contributed by atoms with Gasteiger partial charge in [0.05, 0.1) is 12.2 Å². The van der Waals surface area contributed by atoms with Gasteiger partial charge in [0.1, 0.15) is 9.88 Å². The van der Waals surface area contributed by atoms with Gasteiger partial charge in [-0.3, -0.25) is 4.79 Å². The first kappa shape index (κ1) is 13.9. The summed E-state index contributed by atoms with van der Waals surface area (Å²) in [5, 5.41) is 0.963. The average molecular weight is 303 g/mol. The number of anilines is 1. The summed E-state index contributed by atoms with van der Waals surface area (Å²) >= 11 is 1.47. The number of thiazole rings is 1. The van der Waals surface area contributed by atoms with Crippen molar-refractivity contribution < 1.29 is 4.79 Å². The van der Waals surface area contributed by atoms with Crippen molar-refractivity contribution in [3.05, 3.63) is 34.5 Å². The molecule has 21 heavy (non-hydrogen) atoms. The van der Waals surface area contributed by atoms with E-state index in [1.54, 1.807) is 37.6 Å². The lowest BCUT2D eigenvalue weighted by molar-refractivity contribution is 0.0832. The third kappa shape index (κ3) is 2.73. The Bertz CT molecular complexity index is 627. The highest BCUT2D eigenvalue weighted by molar-refractivity contribution is 7.13. The molecule has 1 saturated heterocycles. The third-order valence-electron chi connectivity index (χ3n) is 3.49. The predicted octanol–water partition coefficient (Wildman–Crippen LogP) is 1.98. The summed E-state index contributed by atoms with van der Waals surface area (Å²) in [7, 11) is 3.50. The Morgan fingerprint density at radius 3 is 2.81 bits per heavy atom. The highest BCUT2D eigenvalue weighted by Gasteiger charge is 2.30. The maximum absolute atomic E-state index is 12.0. The van der Waals surface area contributed by atoms with Crippen LogP contribution in [-0.4, -0.2) is 46.4 Å². The van der Waals surface area contributed by atoms with E-state index in [4.69, 9.17) is 0 Å². The third-order valence-corrected chi connectivity index (χ3v) is 4.57. The second-order valence-corrected chi connectivity index (χ2v) is 6.22. The van der Waals surface area contributed by atoms with Crippen molar-refractivity contribution in [2.24, 2.45) is 0 Å². The Kier molecular flexibility index (Phi) is 3.83. The Balaban J connectivity index is 1.84. The summed E-state index contributed by atoms with van der Waals surface area (Å²) in [6.07, 6.45) is 7.27. The molecule has 0 N–H and O–H groups in total. The van der Waals surface area contributed by atoms with Gasteiger partial charge >= 0.3 is 0 Å². The molecule has 110 valence electrons. The van der Waals surface area contributed by atoms with Gasteiger partial charge in [0.15, 0.2) is 0 Å². The second kappa shape index (κ2) is 5.77. The van der Waals surface area contributed by atoms with E-state index in [9.17, 15) is 4.79 Å². The molecule has 1 aliphatic heterocycles. The molecule has 2 aromatic rings. The zero-order chi connectivity index (χ0) is 14.8. The molecule has 1 aliphatic rings. The molecule has 3 heterocycles. The van der Waals surface area contributed by atoms with Crippen LogP contribution in [0.25, 0.3) is 0 Å². The van der Waals surface area contributed by atoms with Crippen LogP contribution in [0.3, 0.4) is 0 Å². The molecule has 0 aromatic carbocycles. The van der Waals surface area contributed by atoms with Gasteiger partial charge in [-0.1, -0.05) is 0 Å². The van der Waals surface area contributed by atoms with Gasteiger partial charge in [0.25, 0.3) is 5.91 Å². The highest BCUT2D eigenvalue weighted by Crippen LogP contribution is 2.36. The van der Waals surface area contributed by atoms with Crippen LogP contribution in [0.5, 0.6) is 0 Å². The molecular formula is C14H17N5OS. The first-order chi connectivity index (χ1) is 10.2. The predicted molar refractivity (Wildman–Crippen MR) is 81.5 cm³/mol. The maximum atomic E-state index is 12.0. The summed E-state index contributed by atoms with van der Waals surface area (Å²) in [4.78, 5) is 29.5. The molecule has 3 rings (SSSR count). The van der Waals surface area contributed by atoms with Crippen LogP contribution in [0.2, 0.25) is 0 Å². The highest BCUT2D eigenvalue weighted by atomic mass is 32.1. The number of carbonyl (C=O) groups excluding carboxylic acids is 1. The summed E-state index contributed by atoms with van der Waals surface area (Å²) in [5.74, 6) is 0.731. The van der Waals surface area contributed by atoms with Crippen molar-refractivity contribution in [3.63, 3.8) is 0 Å². The van der Waals surface area contributed by atoms with E-state index in [1.807, 2.05) is 6.07 Å². The van der Waals surface area contributed by atoms with E-state index in [1.165, 1.54) is 11.3 Å². The number of carbonyl (C=O) groups is 1. The standard InChI is InChI=1S/C14H17N5OS/c1-18(2)13(20)11-9-17-12(21-11)10-5-3-8-19(10)14-15-6-4-7-16-14/h4,6-7,9-10H,3,5,8H2,1-2H3. The number of hydrogen-bond acceptors (Lipinski definition) is 6. The van der Waals surface area contributed by atoms with E-state index in [2.05, 4.69) is 19.9 Å². The molecule has 1 atom stereocenters. The molecule has 0 aliphatic carbocycles. The number of nitrogens with zero attached hydrogens (tertiary/aromatic N) is 5. The van der Waals surface area contributed by atoms with Gasteiger partial charge in [-0.15, -0.1) is 11.3 Å². The normalized spacial score (nSPS) is 18.0. The molecule has 6 nitrogen and oxygen atoms in total. The van der Waals surface area contributed by atoms with Crippen molar-refractivity contribution in [2.45, 2.75) is 18.9 Å². The van der Waals surface area contributed by atoms with E-state index in [-0.39, 0.29) is 11.9 Å². The van der Waals surface area contributed by atoms with Gasteiger partial charge in [0, 0.05) is 33.0 Å². The van der Waals surface area contributed by atoms with Crippen molar-refractivity contribution in [2.75, 3.05) is 25.5 Å². The largest absolute Gasteiger partial charge is 0.344 e. The van der Waals surface area contributed by atoms with Crippen LogP contribution in [0.1, 0.15) is 33.6 Å². The SMILES string of the molecule is CN(C)C(=O)c1cnc(C2CCCN2c2ncccn2)s1. The molecule has 0 radical (unpaired) electrons. The van der Waals surface area contributed by atoms with Crippen LogP contribution in [-0.2, 0) is 0 Å². The molecule has 0 saturated carbocycles.